The Bertz CT molecular complexity index is 1130. The lowest BCUT2D eigenvalue weighted by atomic mass is 10.1. The quantitative estimate of drug-likeness (QED) is 0.554. The maximum absolute atomic E-state index is 14.5. The molecule has 1 aliphatic rings. The van der Waals surface area contributed by atoms with Gasteiger partial charge in [0, 0.05) is 24.7 Å². The van der Waals surface area contributed by atoms with E-state index >= 15 is 0 Å². The Balaban J connectivity index is 1.49. The molecule has 0 aliphatic carbocycles. The molecule has 1 aromatic carbocycles. The van der Waals surface area contributed by atoms with Crippen LogP contribution in [0.25, 0.3) is 0 Å². The van der Waals surface area contributed by atoms with Crippen LogP contribution >= 0.6 is 0 Å². The van der Waals surface area contributed by atoms with Gasteiger partial charge in [-0.1, -0.05) is 17.3 Å². The van der Waals surface area contributed by atoms with Gasteiger partial charge < -0.3 is 9.64 Å². The summed E-state index contributed by atoms with van der Waals surface area (Å²) in [4.78, 5) is 18.2. The minimum Gasteiger partial charge on any atom is -0.403 e. The molecule has 4 rings (SSSR count). The number of halogens is 5. The monoisotopic (exact) mass is 453 g/mol. The van der Waals surface area contributed by atoms with Crippen LogP contribution in [0.1, 0.15) is 33.0 Å². The van der Waals surface area contributed by atoms with Gasteiger partial charge in [-0.3, -0.25) is 9.78 Å². The van der Waals surface area contributed by atoms with E-state index in [1.54, 1.807) is 16.8 Å². The van der Waals surface area contributed by atoms with E-state index in [1.165, 1.54) is 11.1 Å². The Labute approximate surface area is 178 Å². The fourth-order valence-corrected chi connectivity index (χ4v) is 3.40. The number of aromatic nitrogens is 4. The third-order valence-electron chi connectivity index (χ3n) is 4.94. The van der Waals surface area contributed by atoms with Crippen molar-refractivity contribution in [3.63, 3.8) is 0 Å². The molecule has 1 aliphatic heterocycles. The number of hydrogen-bond acceptors (Lipinski definition) is 5. The Kier molecular flexibility index (Phi) is 5.76. The first-order valence-electron chi connectivity index (χ1n) is 9.49. The average Bonchev–Trinajstić information content (AvgIpc) is 3.16. The highest BCUT2D eigenvalue weighted by Gasteiger charge is 2.34. The smallest absolute Gasteiger partial charge is 0.403 e. The number of carbonyl (C=O) groups excluding carboxylic acids is 1. The van der Waals surface area contributed by atoms with E-state index in [9.17, 15) is 26.7 Å². The molecule has 0 bridgehead atoms. The molecule has 0 radical (unpaired) electrons. The van der Waals surface area contributed by atoms with Crippen LogP contribution in [-0.4, -0.2) is 43.7 Å². The minimum atomic E-state index is -5.08. The lowest BCUT2D eigenvalue weighted by Gasteiger charge is -2.27. The molecule has 0 atom stereocenters. The van der Waals surface area contributed by atoms with Gasteiger partial charge >= 0.3 is 6.36 Å². The van der Waals surface area contributed by atoms with Crippen molar-refractivity contribution in [2.24, 2.45) is 0 Å². The van der Waals surface area contributed by atoms with Gasteiger partial charge in [-0.2, -0.15) is 0 Å². The van der Waals surface area contributed by atoms with E-state index < -0.39 is 36.1 Å². The van der Waals surface area contributed by atoms with Crippen molar-refractivity contribution in [1.82, 2.24) is 24.9 Å². The number of benzene rings is 1. The molecule has 3 heterocycles. The van der Waals surface area contributed by atoms with Crippen molar-refractivity contribution >= 4 is 5.91 Å². The molecule has 0 fully saturated rings. The maximum atomic E-state index is 14.5. The fourth-order valence-electron chi connectivity index (χ4n) is 3.40. The number of fused-ring (bicyclic) bond motifs is 1. The van der Waals surface area contributed by atoms with Gasteiger partial charge in [0.05, 0.1) is 30.0 Å². The van der Waals surface area contributed by atoms with Gasteiger partial charge in [-0.15, -0.1) is 18.3 Å². The lowest BCUT2D eigenvalue weighted by Crippen LogP contribution is -2.37. The first kappa shape index (κ1) is 21.7. The second-order valence-electron chi connectivity index (χ2n) is 7.07. The highest BCUT2D eigenvalue weighted by molar-refractivity contribution is 5.95. The van der Waals surface area contributed by atoms with E-state index in [-0.39, 0.29) is 13.1 Å². The van der Waals surface area contributed by atoms with Gasteiger partial charge in [0.25, 0.3) is 5.91 Å². The summed E-state index contributed by atoms with van der Waals surface area (Å²) in [5, 5.41) is 8.14. The summed E-state index contributed by atoms with van der Waals surface area (Å²) in [7, 11) is 0. The van der Waals surface area contributed by atoms with Crippen LogP contribution in [0.5, 0.6) is 5.75 Å². The summed E-state index contributed by atoms with van der Waals surface area (Å²) in [5.74, 6) is -3.23. The summed E-state index contributed by atoms with van der Waals surface area (Å²) in [5.41, 5.74) is 1.84. The van der Waals surface area contributed by atoms with Crippen molar-refractivity contribution in [2.45, 2.75) is 32.5 Å². The summed E-state index contributed by atoms with van der Waals surface area (Å²) in [6, 6.07) is 6.32. The molecule has 1 amide bonds. The number of rotatable bonds is 5. The molecule has 0 unspecified atom stereocenters. The number of pyridine rings is 1. The Morgan fingerprint density at radius 2 is 2.00 bits per heavy atom. The Morgan fingerprint density at radius 1 is 1.19 bits per heavy atom. The van der Waals surface area contributed by atoms with Crippen LogP contribution in [0.4, 0.5) is 22.0 Å². The predicted octanol–water partition coefficient (Wildman–Crippen LogP) is 3.43. The van der Waals surface area contributed by atoms with E-state index in [0.717, 1.165) is 23.9 Å². The molecule has 2 aromatic heterocycles. The number of nitrogens with zero attached hydrogens (tertiary/aromatic N) is 5. The highest BCUT2D eigenvalue weighted by atomic mass is 19.4. The summed E-state index contributed by atoms with van der Waals surface area (Å²) >= 11 is 0. The molecule has 32 heavy (non-hydrogen) atoms. The Morgan fingerprint density at radius 3 is 2.69 bits per heavy atom. The lowest BCUT2D eigenvalue weighted by molar-refractivity contribution is -0.275. The molecule has 0 spiro atoms. The van der Waals surface area contributed by atoms with Crippen molar-refractivity contribution in [3.05, 3.63) is 70.6 Å². The number of ether oxygens (including phenoxy) is 1. The number of amides is 1. The third kappa shape index (κ3) is 4.53. The van der Waals surface area contributed by atoms with E-state index in [2.05, 4.69) is 20.0 Å². The van der Waals surface area contributed by atoms with E-state index in [1.807, 2.05) is 0 Å². The largest absolute Gasteiger partial charge is 0.573 e. The number of alkyl halides is 4. The normalized spacial score (nSPS) is 13.7. The number of hydrogen-bond donors (Lipinski definition) is 0. The zero-order valence-corrected chi connectivity index (χ0v) is 16.4. The zero-order valence-electron chi connectivity index (χ0n) is 16.4. The molecule has 7 nitrogen and oxygen atoms in total. The van der Waals surface area contributed by atoms with Crippen LogP contribution in [0.3, 0.4) is 0 Å². The SMILES string of the molecule is O=C(c1cccc(OC(F)(F)F)c1F)N1CCc2c(nnn2Cc2ccc(CF)cn2)C1. The van der Waals surface area contributed by atoms with Crippen LogP contribution in [0.2, 0.25) is 0 Å². The standard InChI is InChI=1S/C20H16F5N5O2/c21-8-12-4-5-13(26-9-12)10-30-16-6-7-29(11-15(16)27-28-30)19(31)14-2-1-3-17(18(14)22)32-20(23,24)25/h1-5,9H,6-8,10-11H2. The van der Waals surface area contributed by atoms with Crippen molar-refractivity contribution in [2.75, 3.05) is 6.54 Å². The Hall–Kier alpha value is -3.57. The van der Waals surface area contributed by atoms with Crippen molar-refractivity contribution in [3.8, 4) is 5.75 Å². The van der Waals surface area contributed by atoms with Crippen LogP contribution in [-0.2, 0) is 26.2 Å². The third-order valence-corrected chi connectivity index (χ3v) is 4.94. The summed E-state index contributed by atoms with van der Waals surface area (Å²) in [6.45, 7) is -0.0978. The molecule has 0 saturated heterocycles. The van der Waals surface area contributed by atoms with Crippen LogP contribution in [0, 0.1) is 5.82 Å². The predicted molar refractivity (Wildman–Crippen MR) is 99.7 cm³/mol. The van der Waals surface area contributed by atoms with Crippen LogP contribution in [0.15, 0.2) is 36.5 Å². The average molecular weight is 453 g/mol. The maximum Gasteiger partial charge on any atom is 0.573 e. The molecule has 168 valence electrons. The summed E-state index contributed by atoms with van der Waals surface area (Å²) < 4.78 is 69.7. The van der Waals surface area contributed by atoms with E-state index in [4.69, 9.17) is 0 Å². The molecular weight excluding hydrogens is 437 g/mol. The highest BCUT2D eigenvalue weighted by Crippen LogP contribution is 2.29. The minimum absolute atomic E-state index is 0.0200. The van der Waals surface area contributed by atoms with Crippen LogP contribution < -0.4 is 4.74 Å². The molecule has 12 heteroatoms. The van der Waals surface area contributed by atoms with Crippen molar-refractivity contribution in [1.29, 1.82) is 0 Å². The first-order valence-corrected chi connectivity index (χ1v) is 9.49. The van der Waals surface area contributed by atoms with Gasteiger partial charge in [-0.05, 0) is 18.2 Å². The van der Waals surface area contributed by atoms with Gasteiger partial charge in [0.2, 0.25) is 0 Å². The van der Waals surface area contributed by atoms with Crippen molar-refractivity contribution < 1.29 is 31.5 Å². The van der Waals surface area contributed by atoms with E-state index in [0.29, 0.717) is 29.9 Å². The molecule has 0 N–H and O–H groups in total. The van der Waals surface area contributed by atoms with Gasteiger partial charge in [0.1, 0.15) is 12.4 Å². The molecular formula is C20H16F5N5O2. The van der Waals surface area contributed by atoms with Gasteiger partial charge in [0.15, 0.2) is 11.6 Å². The van der Waals surface area contributed by atoms with Gasteiger partial charge in [-0.25, -0.2) is 13.5 Å². The second kappa shape index (κ2) is 8.52. The number of carbonyl (C=O) groups is 1. The zero-order chi connectivity index (χ0) is 22.9. The molecule has 0 saturated carbocycles. The summed E-state index contributed by atoms with van der Waals surface area (Å²) in [6.07, 6.45) is -3.29. The molecule has 3 aromatic rings. The topological polar surface area (TPSA) is 73.1 Å². The fraction of sp³-hybridized carbons (Fsp3) is 0.300. The first-order chi connectivity index (χ1) is 15.2. The second-order valence-corrected chi connectivity index (χ2v) is 7.07.